The first-order valence-corrected chi connectivity index (χ1v) is 3.82. The number of nitrogens with two attached hydrogens (primary N) is 1. The highest BCUT2D eigenvalue weighted by molar-refractivity contribution is 5.82. The fourth-order valence-electron chi connectivity index (χ4n) is 0.604. The van der Waals surface area contributed by atoms with Crippen molar-refractivity contribution < 1.29 is 14.3 Å². The molecule has 0 aliphatic heterocycles. The van der Waals surface area contributed by atoms with Crippen molar-refractivity contribution in [2.24, 2.45) is 5.73 Å². The van der Waals surface area contributed by atoms with Crippen molar-refractivity contribution in [3.8, 4) is 0 Å². The van der Waals surface area contributed by atoms with Crippen molar-refractivity contribution in [2.75, 3.05) is 20.3 Å². The van der Waals surface area contributed by atoms with Crippen LogP contribution in [-0.2, 0) is 14.3 Å². The second kappa shape index (κ2) is 6.67. The van der Waals surface area contributed by atoms with Crippen LogP contribution in [0.1, 0.15) is 13.3 Å². The maximum Gasteiger partial charge on any atom is 0.332 e. The predicted octanol–water partition coefficient (Wildman–Crippen LogP) is 0.429. The molecule has 0 fully saturated rings. The molecule has 0 radical (unpaired) electrons. The molecule has 0 aliphatic carbocycles. The Morgan fingerprint density at radius 2 is 2.25 bits per heavy atom. The van der Waals surface area contributed by atoms with Crippen molar-refractivity contribution in [3.05, 3.63) is 11.8 Å². The van der Waals surface area contributed by atoms with E-state index in [1.807, 2.05) is 6.92 Å². The van der Waals surface area contributed by atoms with E-state index in [0.717, 1.165) is 6.42 Å². The van der Waals surface area contributed by atoms with Gasteiger partial charge in [0.2, 0.25) is 0 Å². The topological polar surface area (TPSA) is 61.5 Å². The smallest absolute Gasteiger partial charge is 0.332 e. The van der Waals surface area contributed by atoms with Crippen LogP contribution in [0.25, 0.3) is 0 Å². The Morgan fingerprint density at radius 3 is 2.75 bits per heavy atom. The van der Waals surface area contributed by atoms with Crippen molar-refractivity contribution >= 4 is 5.97 Å². The number of carbonyl (C=O) groups excluding carboxylic acids is 1. The van der Waals surface area contributed by atoms with E-state index in [1.165, 1.54) is 13.2 Å². The van der Waals surface area contributed by atoms with Crippen molar-refractivity contribution in [2.45, 2.75) is 13.3 Å². The third-order valence-corrected chi connectivity index (χ3v) is 1.06. The minimum absolute atomic E-state index is 0.251. The van der Waals surface area contributed by atoms with Gasteiger partial charge in [-0.3, -0.25) is 0 Å². The Balaban J connectivity index is 3.71. The fourth-order valence-corrected chi connectivity index (χ4v) is 0.604. The van der Waals surface area contributed by atoms with Gasteiger partial charge in [-0.15, -0.1) is 0 Å². The maximum absolute atomic E-state index is 10.9. The lowest BCUT2D eigenvalue weighted by Crippen LogP contribution is -2.10. The molecule has 0 spiro atoms. The maximum atomic E-state index is 10.9. The van der Waals surface area contributed by atoms with Crippen LogP contribution in [0.15, 0.2) is 11.8 Å². The first-order valence-electron chi connectivity index (χ1n) is 3.82. The van der Waals surface area contributed by atoms with Gasteiger partial charge in [0.05, 0.1) is 13.2 Å². The van der Waals surface area contributed by atoms with Crippen LogP contribution in [0.3, 0.4) is 0 Å². The predicted molar refractivity (Wildman–Crippen MR) is 45.4 cm³/mol. The van der Waals surface area contributed by atoms with Gasteiger partial charge in [0.1, 0.15) is 0 Å². The number of esters is 1. The number of ether oxygens (including phenoxy) is 2. The van der Waals surface area contributed by atoms with E-state index < -0.39 is 5.97 Å². The van der Waals surface area contributed by atoms with Gasteiger partial charge in [-0.1, -0.05) is 6.92 Å². The Bertz CT molecular complexity index is 166. The van der Waals surface area contributed by atoms with Gasteiger partial charge in [0.25, 0.3) is 0 Å². The molecule has 70 valence electrons. The van der Waals surface area contributed by atoms with Crippen LogP contribution in [0.5, 0.6) is 0 Å². The first-order chi connectivity index (χ1) is 5.70. The zero-order chi connectivity index (χ0) is 9.40. The summed E-state index contributed by atoms with van der Waals surface area (Å²) < 4.78 is 9.47. The molecule has 0 aromatic heterocycles. The Morgan fingerprint density at radius 1 is 1.58 bits per heavy atom. The highest BCUT2D eigenvalue weighted by Crippen LogP contribution is 1.89. The highest BCUT2D eigenvalue weighted by atomic mass is 16.5. The van der Waals surface area contributed by atoms with E-state index in [1.54, 1.807) is 0 Å². The zero-order valence-electron chi connectivity index (χ0n) is 7.50. The van der Waals surface area contributed by atoms with Crippen molar-refractivity contribution in [1.82, 2.24) is 0 Å². The molecule has 4 nitrogen and oxygen atoms in total. The first kappa shape index (κ1) is 11.0. The average Bonchev–Trinajstić information content (AvgIpc) is 2.01. The normalized spacial score (nSPS) is 11.3. The molecule has 0 aliphatic rings. The quantitative estimate of drug-likeness (QED) is 0.483. The Kier molecular flexibility index (Phi) is 6.09. The summed E-state index contributed by atoms with van der Waals surface area (Å²) in [6, 6.07) is 0. The molecular weight excluding hydrogens is 158 g/mol. The summed E-state index contributed by atoms with van der Waals surface area (Å²) in [6.07, 6.45) is 2.04. The summed E-state index contributed by atoms with van der Waals surface area (Å²) in [7, 11) is 1.51. The third-order valence-electron chi connectivity index (χ3n) is 1.06. The molecule has 0 amide bonds. The lowest BCUT2D eigenvalue weighted by molar-refractivity contribution is -0.137. The van der Waals surface area contributed by atoms with Gasteiger partial charge in [-0.25, -0.2) is 4.79 Å². The van der Waals surface area contributed by atoms with Crippen LogP contribution in [0.2, 0.25) is 0 Å². The van der Waals surface area contributed by atoms with Gasteiger partial charge in [-0.2, -0.15) is 0 Å². The van der Waals surface area contributed by atoms with E-state index in [9.17, 15) is 4.79 Å². The van der Waals surface area contributed by atoms with Gasteiger partial charge in [0, 0.05) is 18.9 Å². The molecule has 0 saturated carbocycles. The van der Waals surface area contributed by atoms with Gasteiger partial charge >= 0.3 is 5.97 Å². The van der Waals surface area contributed by atoms with E-state index in [2.05, 4.69) is 0 Å². The zero-order valence-corrected chi connectivity index (χ0v) is 7.50. The summed E-state index contributed by atoms with van der Waals surface area (Å²) >= 11 is 0. The molecule has 0 atom stereocenters. The van der Waals surface area contributed by atoms with Gasteiger partial charge in [-0.05, 0) is 6.42 Å². The molecule has 12 heavy (non-hydrogen) atoms. The molecule has 0 aromatic rings. The van der Waals surface area contributed by atoms with Crippen molar-refractivity contribution in [1.29, 1.82) is 0 Å². The summed E-state index contributed by atoms with van der Waals surface area (Å²) in [5, 5.41) is 0. The van der Waals surface area contributed by atoms with Crippen LogP contribution in [0.4, 0.5) is 0 Å². The molecule has 0 saturated heterocycles. The van der Waals surface area contributed by atoms with Crippen molar-refractivity contribution in [3.63, 3.8) is 0 Å². The second-order valence-corrected chi connectivity index (χ2v) is 2.32. The molecule has 0 rings (SSSR count). The Labute approximate surface area is 72.3 Å². The largest absolute Gasteiger partial charge is 0.462 e. The molecule has 0 bridgehead atoms. The van der Waals surface area contributed by atoms with E-state index in [0.29, 0.717) is 12.3 Å². The molecular formula is C8H15NO3. The molecule has 0 unspecified atom stereocenters. The minimum atomic E-state index is -0.411. The third kappa shape index (κ3) is 5.73. The van der Waals surface area contributed by atoms with Crippen LogP contribution in [0, 0.1) is 0 Å². The summed E-state index contributed by atoms with van der Waals surface area (Å²) in [5.41, 5.74) is 5.77. The molecule has 2 N–H and O–H groups in total. The standard InChI is InChI=1S/C8H15NO3/c1-3-4-12-8(10)5-7(9)6-11-2/h5H,3-4,6,9H2,1-2H3. The highest BCUT2D eigenvalue weighted by Gasteiger charge is 1.98. The Hall–Kier alpha value is -1.03. The van der Waals surface area contributed by atoms with Crippen LogP contribution in [-0.4, -0.2) is 26.3 Å². The van der Waals surface area contributed by atoms with E-state index >= 15 is 0 Å². The fraction of sp³-hybridized carbons (Fsp3) is 0.625. The summed E-state index contributed by atoms with van der Waals surface area (Å²) in [5.74, 6) is -0.411. The molecule has 0 heterocycles. The van der Waals surface area contributed by atoms with Crippen LogP contribution < -0.4 is 5.73 Å². The number of rotatable bonds is 5. The monoisotopic (exact) mass is 173 g/mol. The molecule has 4 heteroatoms. The number of hydrogen-bond donors (Lipinski definition) is 1. The van der Waals surface area contributed by atoms with E-state index in [-0.39, 0.29) is 6.61 Å². The minimum Gasteiger partial charge on any atom is -0.462 e. The van der Waals surface area contributed by atoms with Crippen LogP contribution >= 0.6 is 0 Å². The second-order valence-electron chi connectivity index (χ2n) is 2.32. The van der Waals surface area contributed by atoms with Gasteiger partial charge < -0.3 is 15.2 Å². The average molecular weight is 173 g/mol. The van der Waals surface area contributed by atoms with E-state index in [4.69, 9.17) is 15.2 Å². The summed E-state index contributed by atoms with van der Waals surface area (Å²) in [6.45, 7) is 2.60. The number of methoxy groups -OCH3 is 1. The SMILES string of the molecule is CCCOC(=O)C=C(N)COC. The number of carbonyl (C=O) groups is 1. The summed E-state index contributed by atoms with van der Waals surface area (Å²) in [4.78, 5) is 10.9. The lowest BCUT2D eigenvalue weighted by atomic mass is 10.4. The van der Waals surface area contributed by atoms with Gasteiger partial charge in [0.15, 0.2) is 0 Å². The number of hydrogen-bond acceptors (Lipinski definition) is 4. The lowest BCUT2D eigenvalue weighted by Gasteiger charge is -2.00. The molecule has 0 aromatic carbocycles.